The summed E-state index contributed by atoms with van der Waals surface area (Å²) in [6.45, 7) is 0. The number of hydrazone groups is 1. The van der Waals surface area contributed by atoms with E-state index in [4.69, 9.17) is 10.6 Å². The van der Waals surface area contributed by atoms with Gasteiger partial charge < -0.3 is 15.6 Å². The Morgan fingerprint density at radius 2 is 2.57 bits per heavy atom. The molecule has 0 amide bonds. The van der Waals surface area contributed by atoms with E-state index >= 15 is 0 Å². The highest BCUT2D eigenvalue weighted by Gasteiger charge is 2.29. The highest BCUT2D eigenvalue weighted by molar-refractivity contribution is 6.00. The van der Waals surface area contributed by atoms with E-state index in [0.717, 1.165) is 0 Å². The molecule has 74 valence electrons. The Morgan fingerprint density at radius 1 is 1.71 bits per heavy atom. The molecule has 1 atom stereocenters. The summed E-state index contributed by atoms with van der Waals surface area (Å²) in [5, 5.41) is 3.43. The van der Waals surface area contributed by atoms with Crippen LogP contribution in [0.1, 0.15) is 23.3 Å². The van der Waals surface area contributed by atoms with Gasteiger partial charge in [0.15, 0.2) is 6.10 Å². The predicted octanol–water partition coefficient (Wildman–Crippen LogP) is 0.649. The smallest absolute Gasteiger partial charge is 0.219 e. The van der Waals surface area contributed by atoms with E-state index in [-0.39, 0.29) is 5.78 Å². The van der Waals surface area contributed by atoms with E-state index in [1.54, 1.807) is 18.3 Å². The molecule has 1 unspecified atom stereocenters. The molecule has 1 aromatic rings. The van der Waals surface area contributed by atoms with Gasteiger partial charge in [0.1, 0.15) is 0 Å². The lowest BCUT2D eigenvalue weighted by Crippen LogP contribution is -2.20. The molecule has 5 heteroatoms. The lowest BCUT2D eigenvalue weighted by atomic mass is 10.1. The number of nitrogens with zero attached hydrogens (tertiary/aromatic N) is 1. The van der Waals surface area contributed by atoms with E-state index in [1.165, 1.54) is 0 Å². The van der Waals surface area contributed by atoms with Crippen LogP contribution < -0.4 is 5.84 Å². The number of hydrogen-bond donors (Lipinski definition) is 2. The van der Waals surface area contributed by atoms with Gasteiger partial charge in [-0.25, -0.2) is 0 Å². The molecule has 0 bridgehead atoms. The zero-order valence-electron chi connectivity index (χ0n) is 7.56. The summed E-state index contributed by atoms with van der Waals surface area (Å²) in [6, 6.07) is 3.50. The van der Waals surface area contributed by atoms with Crippen molar-refractivity contribution < 1.29 is 9.53 Å². The summed E-state index contributed by atoms with van der Waals surface area (Å²) in [6.07, 6.45) is 2.55. The number of H-pyrrole nitrogens is 1. The Bertz CT molecular complexity index is 356. The number of aromatic nitrogens is 1. The van der Waals surface area contributed by atoms with Crippen molar-refractivity contribution >= 4 is 11.7 Å². The predicted molar refractivity (Wildman–Crippen MR) is 50.9 cm³/mol. The maximum Gasteiger partial charge on any atom is 0.219 e. The van der Waals surface area contributed by atoms with Crippen LogP contribution >= 0.6 is 0 Å². The van der Waals surface area contributed by atoms with Crippen molar-refractivity contribution in [3.8, 4) is 0 Å². The van der Waals surface area contributed by atoms with Gasteiger partial charge in [0.05, 0.1) is 5.69 Å². The molecule has 0 aliphatic carbocycles. The van der Waals surface area contributed by atoms with Gasteiger partial charge in [-0.2, -0.15) is 0 Å². The number of nitrogens with one attached hydrogen (secondary N) is 1. The average Bonchev–Trinajstić information content (AvgIpc) is 2.88. The van der Waals surface area contributed by atoms with Crippen LogP contribution in [0.4, 0.5) is 0 Å². The molecule has 14 heavy (non-hydrogen) atoms. The van der Waals surface area contributed by atoms with Crippen LogP contribution in [0.2, 0.25) is 0 Å². The van der Waals surface area contributed by atoms with Crippen molar-refractivity contribution in [3.05, 3.63) is 24.0 Å². The second-order valence-electron chi connectivity index (χ2n) is 3.12. The average molecular weight is 193 g/mol. The quantitative estimate of drug-likeness (QED) is 0.411. The fourth-order valence-electron chi connectivity index (χ4n) is 1.47. The molecule has 2 heterocycles. The SMILES string of the molecule is NN=C1CCC(C(=O)c2ccc[nH]2)O1. The number of hydrogen-bond acceptors (Lipinski definition) is 4. The third-order valence-corrected chi connectivity index (χ3v) is 2.20. The van der Waals surface area contributed by atoms with Crippen LogP contribution in [0.5, 0.6) is 0 Å². The Hall–Kier alpha value is -1.78. The van der Waals surface area contributed by atoms with Gasteiger partial charge in [-0.3, -0.25) is 4.79 Å². The second-order valence-corrected chi connectivity index (χ2v) is 3.12. The molecule has 3 N–H and O–H groups in total. The van der Waals surface area contributed by atoms with Gasteiger partial charge in [0.25, 0.3) is 0 Å². The van der Waals surface area contributed by atoms with Gasteiger partial charge in [-0.15, -0.1) is 5.10 Å². The lowest BCUT2D eigenvalue weighted by molar-refractivity contribution is 0.0803. The van der Waals surface area contributed by atoms with Crippen LogP contribution in [0.3, 0.4) is 0 Å². The third kappa shape index (κ3) is 1.48. The normalized spacial score (nSPS) is 23.7. The highest BCUT2D eigenvalue weighted by Crippen LogP contribution is 2.18. The van der Waals surface area contributed by atoms with Gasteiger partial charge in [0.2, 0.25) is 11.7 Å². The Balaban J connectivity index is 2.08. The maximum absolute atomic E-state index is 11.7. The maximum atomic E-state index is 11.7. The van der Waals surface area contributed by atoms with Crippen LogP contribution in [0, 0.1) is 0 Å². The van der Waals surface area contributed by atoms with Crippen molar-refractivity contribution in [3.63, 3.8) is 0 Å². The third-order valence-electron chi connectivity index (χ3n) is 2.20. The number of ketones is 1. The first kappa shape index (κ1) is 8.80. The highest BCUT2D eigenvalue weighted by atomic mass is 16.5. The molecule has 0 radical (unpaired) electrons. The van der Waals surface area contributed by atoms with Crippen LogP contribution in [0.15, 0.2) is 23.4 Å². The summed E-state index contributed by atoms with van der Waals surface area (Å²) in [5.74, 6) is 5.46. The van der Waals surface area contributed by atoms with Crippen molar-refractivity contribution in [2.24, 2.45) is 10.9 Å². The molecule has 0 saturated carbocycles. The van der Waals surface area contributed by atoms with Gasteiger partial charge >= 0.3 is 0 Å². The number of Topliss-reactive ketones (excluding diaryl/α,β-unsaturated/α-hetero) is 1. The fraction of sp³-hybridized carbons (Fsp3) is 0.333. The molecule has 1 aliphatic rings. The molecule has 2 rings (SSSR count). The number of carbonyl (C=O) groups is 1. The number of aromatic amines is 1. The van der Waals surface area contributed by atoms with Gasteiger partial charge in [0, 0.05) is 19.0 Å². The number of rotatable bonds is 2. The van der Waals surface area contributed by atoms with Crippen molar-refractivity contribution in [2.75, 3.05) is 0 Å². The molecule has 1 aromatic heterocycles. The topological polar surface area (TPSA) is 80.5 Å². The zero-order valence-corrected chi connectivity index (χ0v) is 7.56. The minimum atomic E-state index is -0.434. The van der Waals surface area contributed by atoms with Crippen LogP contribution in [0.25, 0.3) is 0 Å². The fourth-order valence-corrected chi connectivity index (χ4v) is 1.47. The van der Waals surface area contributed by atoms with E-state index in [2.05, 4.69) is 10.1 Å². The summed E-state index contributed by atoms with van der Waals surface area (Å²) >= 11 is 0. The Labute approximate surface area is 80.9 Å². The number of ether oxygens (including phenoxy) is 1. The molecular formula is C9H11N3O2. The van der Waals surface area contributed by atoms with Crippen LogP contribution in [-0.4, -0.2) is 22.8 Å². The first-order valence-corrected chi connectivity index (χ1v) is 4.42. The van der Waals surface area contributed by atoms with Gasteiger partial charge in [-0.1, -0.05) is 0 Å². The Kier molecular flexibility index (Phi) is 2.22. The molecule has 5 nitrogen and oxygen atoms in total. The summed E-state index contributed by atoms with van der Waals surface area (Å²) in [7, 11) is 0. The molecule has 1 aliphatic heterocycles. The first-order chi connectivity index (χ1) is 6.81. The summed E-state index contributed by atoms with van der Waals surface area (Å²) < 4.78 is 5.25. The van der Waals surface area contributed by atoms with Crippen LogP contribution in [-0.2, 0) is 4.74 Å². The molecule has 0 spiro atoms. The molecular weight excluding hydrogens is 182 g/mol. The second kappa shape index (κ2) is 3.53. The number of nitrogens with two attached hydrogens (primary N) is 1. The van der Waals surface area contributed by atoms with Crippen molar-refractivity contribution in [1.82, 2.24) is 4.98 Å². The standard InChI is InChI=1S/C9H11N3O2/c10-12-8-4-3-7(14-8)9(13)6-2-1-5-11-6/h1-2,5,7,11H,3-4,10H2. The zero-order chi connectivity index (χ0) is 9.97. The largest absolute Gasteiger partial charge is 0.468 e. The number of carbonyl (C=O) groups excluding carboxylic acids is 1. The first-order valence-electron chi connectivity index (χ1n) is 4.42. The molecule has 1 saturated heterocycles. The van der Waals surface area contributed by atoms with E-state index in [9.17, 15) is 4.79 Å². The monoisotopic (exact) mass is 193 g/mol. The van der Waals surface area contributed by atoms with Crippen molar-refractivity contribution in [1.29, 1.82) is 0 Å². The summed E-state index contributed by atoms with van der Waals surface area (Å²) in [5.41, 5.74) is 0.563. The molecule has 1 fully saturated rings. The van der Waals surface area contributed by atoms with Crippen molar-refractivity contribution in [2.45, 2.75) is 18.9 Å². The minimum absolute atomic E-state index is 0.0475. The van der Waals surface area contributed by atoms with E-state index in [1.807, 2.05) is 0 Å². The Morgan fingerprint density at radius 3 is 3.14 bits per heavy atom. The lowest BCUT2D eigenvalue weighted by Gasteiger charge is -2.06. The van der Waals surface area contributed by atoms with E-state index < -0.39 is 6.10 Å². The summed E-state index contributed by atoms with van der Waals surface area (Å²) in [4.78, 5) is 14.6. The molecule has 0 aromatic carbocycles. The van der Waals surface area contributed by atoms with E-state index in [0.29, 0.717) is 24.4 Å². The van der Waals surface area contributed by atoms with Gasteiger partial charge in [-0.05, 0) is 12.1 Å². The minimum Gasteiger partial charge on any atom is -0.468 e.